The molecule has 0 bridgehead atoms. The minimum atomic E-state index is 0.214. The van der Waals surface area contributed by atoms with Gasteiger partial charge in [-0.05, 0) is 37.8 Å². The van der Waals surface area contributed by atoms with Gasteiger partial charge in [-0.25, -0.2) is 0 Å². The number of benzene rings is 1. The zero-order chi connectivity index (χ0) is 12.5. The van der Waals surface area contributed by atoms with Gasteiger partial charge in [-0.1, -0.05) is 18.2 Å². The summed E-state index contributed by atoms with van der Waals surface area (Å²) in [6.07, 6.45) is 3.59. The van der Waals surface area contributed by atoms with Crippen molar-refractivity contribution in [3.8, 4) is 0 Å². The highest BCUT2D eigenvalue weighted by Crippen LogP contribution is 2.28. The van der Waals surface area contributed by atoms with Gasteiger partial charge in [-0.2, -0.15) is 0 Å². The highest BCUT2D eigenvalue weighted by atomic mass is 16.2. The summed E-state index contributed by atoms with van der Waals surface area (Å²) in [5.74, 6) is 0.214. The van der Waals surface area contributed by atoms with Crippen molar-refractivity contribution < 1.29 is 4.79 Å². The number of hydrogen-bond acceptors (Lipinski definition) is 2. The third kappa shape index (κ3) is 1.93. The van der Waals surface area contributed by atoms with Crippen molar-refractivity contribution in [2.45, 2.75) is 38.3 Å². The van der Waals surface area contributed by atoms with Gasteiger partial charge in [0.05, 0.1) is 0 Å². The predicted molar refractivity (Wildman–Crippen MR) is 71.6 cm³/mol. The summed E-state index contributed by atoms with van der Waals surface area (Å²) in [6, 6.07) is 8.83. The number of nitrogens with zero attached hydrogens (tertiary/aromatic N) is 1. The second kappa shape index (κ2) is 4.73. The van der Waals surface area contributed by atoms with Crippen LogP contribution in [0.2, 0.25) is 0 Å². The molecule has 1 aromatic carbocycles. The highest BCUT2D eigenvalue weighted by Gasteiger charge is 2.37. The molecule has 1 saturated carbocycles. The van der Waals surface area contributed by atoms with Crippen molar-refractivity contribution in [1.29, 1.82) is 0 Å². The third-order valence-electron chi connectivity index (χ3n) is 4.28. The van der Waals surface area contributed by atoms with Crippen LogP contribution < -0.4 is 5.32 Å². The summed E-state index contributed by atoms with van der Waals surface area (Å²) in [4.78, 5) is 14.8. The molecule has 1 aromatic rings. The van der Waals surface area contributed by atoms with E-state index in [1.54, 1.807) is 0 Å². The van der Waals surface area contributed by atoms with E-state index < -0.39 is 0 Å². The normalized spacial score (nSPS) is 27.1. The Morgan fingerprint density at radius 3 is 3.00 bits per heavy atom. The summed E-state index contributed by atoms with van der Waals surface area (Å²) >= 11 is 0. The van der Waals surface area contributed by atoms with Crippen molar-refractivity contribution in [2.24, 2.45) is 0 Å². The molecule has 3 rings (SSSR count). The van der Waals surface area contributed by atoms with Gasteiger partial charge in [-0.3, -0.25) is 4.79 Å². The van der Waals surface area contributed by atoms with Crippen molar-refractivity contribution in [3.63, 3.8) is 0 Å². The lowest BCUT2D eigenvalue weighted by Crippen LogP contribution is -2.57. The predicted octanol–water partition coefficient (Wildman–Crippen LogP) is 1.96. The minimum Gasteiger partial charge on any atom is -0.333 e. The SMILES string of the molecule is Cc1ccccc1C(=O)N1CCNC2CCCC21. The first-order chi connectivity index (χ1) is 8.77. The second-order valence-electron chi connectivity index (χ2n) is 5.37. The maximum Gasteiger partial charge on any atom is 0.254 e. The fraction of sp³-hybridized carbons (Fsp3) is 0.533. The number of hydrogen-bond donors (Lipinski definition) is 1. The van der Waals surface area contributed by atoms with Crippen LogP contribution in [0.1, 0.15) is 35.2 Å². The molecule has 3 heteroatoms. The molecule has 1 aliphatic heterocycles. The molecule has 1 N–H and O–H groups in total. The Hall–Kier alpha value is -1.35. The fourth-order valence-electron chi connectivity index (χ4n) is 3.31. The van der Waals surface area contributed by atoms with Crippen molar-refractivity contribution in [1.82, 2.24) is 10.2 Å². The van der Waals surface area contributed by atoms with E-state index in [2.05, 4.69) is 10.2 Å². The molecule has 0 spiro atoms. The van der Waals surface area contributed by atoms with Crippen molar-refractivity contribution in [3.05, 3.63) is 35.4 Å². The van der Waals surface area contributed by atoms with Gasteiger partial charge in [0.25, 0.3) is 5.91 Å². The fourth-order valence-corrected chi connectivity index (χ4v) is 3.31. The Kier molecular flexibility index (Phi) is 3.08. The topological polar surface area (TPSA) is 32.3 Å². The molecule has 96 valence electrons. The maximum atomic E-state index is 12.7. The van der Waals surface area contributed by atoms with Crippen LogP contribution in [-0.2, 0) is 0 Å². The number of piperazine rings is 1. The van der Waals surface area contributed by atoms with Crippen molar-refractivity contribution >= 4 is 5.91 Å². The molecule has 18 heavy (non-hydrogen) atoms. The molecule has 1 saturated heterocycles. The van der Waals surface area contributed by atoms with Gasteiger partial charge in [0, 0.05) is 30.7 Å². The van der Waals surface area contributed by atoms with E-state index in [-0.39, 0.29) is 5.91 Å². The van der Waals surface area contributed by atoms with E-state index in [1.807, 2.05) is 31.2 Å². The number of carbonyl (C=O) groups excluding carboxylic acids is 1. The molecule has 1 amide bonds. The van der Waals surface area contributed by atoms with Crippen LogP contribution >= 0.6 is 0 Å². The van der Waals surface area contributed by atoms with Gasteiger partial charge >= 0.3 is 0 Å². The molecular formula is C15H20N2O. The van der Waals surface area contributed by atoms with Crippen molar-refractivity contribution in [2.75, 3.05) is 13.1 Å². The van der Waals surface area contributed by atoms with E-state index in [0.29, 0.717) is 12.1 Å². The number of carbonyl (C=O) groups is 1. The smallest absolute Gasteiger partial charge is 0.254 e. The summed E-state index contributed by atoms with van der Waals surface area (Å²) in [5.41, 5.74) is 1.95. The van der Waals surface area contributed by atoms with E-state index in [0.717, 1.165) is 30.6 Å². The van der Waals surface area contributed by atoms with Crippen LogP contribution in [0.3, 0.4) is 0 Å². The summed E-state index contributed by atoms with van der Waals surface area (Å²) in [5, 5.41) is 3.54. The molecule has 2 fully saturated rings. The van der Waals surface area contributed by atoms with Gasteiger partial charge in [0.15, 0.2) is 0 Å². The van der Waals surface area contributed by atoms with E-state index in [9.17, 15) is 4.79 Å². The standard InChI is InChI=1S/C15H20N2O/c1-11-5-2-3-6-12(11)15(18)17-10-9-16-13-7-4-8-14(13)17/h2-3,5-6,13-14,16H,4,7-10H2,1H3. The lowest BCUT2D eigenvalue weighted by molar-refractivity contribution is 0.0598. The molecule has 3 nitrogen and oxygen atoms in total. The first-order valence-electron chi connectivity index (χ1n) is 6.87. The molecule has 2 atom stereocenters. The Morgan fingerprint density at radius 2 is 2.17 bits per heavy atom. The number of amides is 1. The zero-order valence-corrected chi connectivity index (χ0v) is 10.9. The summed E-state index contributed by atoms with van der Waals surface area (Å²) in [6.45, 7) is 3.79. The minimum absolute atomic E-state index is 0.214. The first kappa shape index (κ1) is 11.7. The summed E-state index contributed by atoms with van der Waals surface area (Å²) in [7, 11) is 0. The van der Waals surface area contributed by atoms with E-state index in [4.69, 9.17) is 0 Å². The lowest BCUT2D eigenvalue weighted by Gasteiger charge is -2.38. The Bertz CT molecular complexity index is 458. The van der Waals surface area contributed by atoms with E-state index in [1.165, 1.54) is 12.8 Å². The average molecular weight is 244 g/mol. The molecule has 1 heterocycles. The quantitative estimate of drug-likeness (QED) is 0.819. The van der Waals surface area contributed by atoms with Crippen LogP contribution in [0.15, 0.2) is 24.3 Å². The van der Waals surface area contributed by atoms with Crippen LogP contribution in [0.25, 0.3) is 0 Å². The molecule has 2 aliphatic rings. The lowest BCUT2D eigenvalue weighted by atomic mass is 10.0. The van der Waals surface area contributed by atoms with E-state index >= 15 is 0 Å². The molecule has 0 radical (unpaired) electrons. The van der Waals surface area contributed by atoms with Crippen LogP contribution in [0.5, 0.6) is 0 Å². The number of aryl methyl sites for hydroxylation is 1. The Balaban J connectivity index is 1.86. The van der Waals surface area contributed by atoms with Gasteiger partial charge in [0.1, 0.15) is 0 Å². The van der Waals surface area contributed by atoms with Crippen LogP contribution in [0.4, 0.5) is 0 Å². The average Bonchev–Trinajstić information content (AvgIpc) is 2.86. The van der Waals surface area contributed by atoms with Gasteiger partial charge < -0.3 is 10.2 Å². The van der Waals surface area contributed by atoms with Gasteiger partial charge in [-0.15, -0.1) is 0 Å². The molecule has 1 aliphatic carbocycles. The molecular weight excluding hydrogens is 224 g/mol. The number of rotatable bonds is 1. The largest absolute Gasteiger partial charge is 0.333 e. The molecule has 0 aromatic heterocycles. The Labute approximate surface area is 108 Å². The number of nitrogens with one attached hydrogen (secondary N) is 1. The Morgan fingerprint density at radius 1 is 1.33 bits per heavy atom. The van der Waals surface area contributed by atoms with Gasteiger partial charge in [0.2, 0.25) is 0 Å². The van der Waals surface area contributed by atoms with Crippen LogP contribution in [0, 0.1) is 6.92 Å². The van der Waals surface area contributed by atoms with Crippen LogP contribution in [-0.4, -0.2) is 36.0 Å². The molecule has 2 unspecified atom stereocenters. The highest BCUT2D eigenvalue weighted by molar-refractivity contribution is 5.96. The third-order valence-corrected chi connectivity index (χ3v) is 4.28. The number of fused-ring (bicyclic) bond motifs is 1. The monoisotopic (exact) mass is 244 g/mol. The zero-order valence-electron chi connectivity index (χ0n) is 10.9. The second-order valence-corrected chi connectivity index (χ2v) is 5.37. The maximum absolute atomic E-state index is 12.7. The summed E-state index contributed by atoms with van der Waals surface area (Å²) < 4.78 is 0. The first-order valence-corrected chi connectivity index (χ1v) is 6.87.